The highest BCUT2D eigenvalue weighted by Crippen LogP contribution is 2.31. The molecule has 0 radical (unpaired) electrons. The van der Waals surface area contributed by atoms with Gasteiger partial charge in [-0.1, -0.05) is 46.4 Å². The molecule has 6 aromatic rings. The van der Waals surface area contributed by atoms with Crippen molar-refractivity contribution in [3.8, 4) is 11.5 Å². The third-order valence-corrected chi connectivity index (χ3v) is 13.2. The molecule has 6 N–H and O–H groups in total. The second kappa shape index (κ2) is 35.0. The summed E-state index contributed by atoms with van der Waals surface area (Å²) < 4.78 is 17.4. The van der Waals surface area contributed by atoms with Crippen molar-refractivity contribution in [2.24, 2.45) is 0 Å². The van der Waals surface area contributed by atoms with Gasteiger partial charge in [0.25, 0.3) is 11.1 Å². The molecule has 26 heteroatoms. The van der Waals surface area contributed by atoms with Crippen molar-refractivity contribution in [1.29, 1.82) is 0 Å². The molecular formula is C63H84Cl6N10O10. The molecule has 0 unspecified atom stereocenters. The van der Waals surface area contributed by atoms with Crippen LogP contribution in [0.4, 0.5) is 4.79 Å². The summed E-state index contributed by atoms with van der Waals surface area (Å²) in [5, 5.41) is 37.6. The first-order valence-electron chi connectivity index (χ1n) is 27.8. The zero-order valence-electron chi connectivity index (χ0n) is 53.5. The number of carbonyl (C=O) groups excluding carboxylic acids is 3. The van der Waals surface area contributed by atoms with Crippen molar-refractivity contribution in [2.75, 3.05) is 26.2 Å². The average Bonchev–Trinajstić information content (AvgIpc) is 3.78. The number of fused-ring (bicyclic) bond motifs is 2. The van der Waals surface area contributed by atoms with Crippen molar-refractivity contribution in [3.05, 3.63) is 161 Å². The molecule has 2 aliphatic heterocycles. The maximum absolute atomic E-state index is 12.4. The van der Waals surface area contributed by atoms with Gasteiger partial charge in [0.05, 0.1) is 56.0 Å². The van der Waals surface area contributed by atoms with Crippen LogP contribution in [0.2, 0.25) is 20.1 Å². The largest absolute Gasteiger partial charge is 0.486 e. The summed E-state index contributed by atoms with van der Waals surface area (Å²) in [5.41, 5.74) is 5.85. The van der Waals surface area contributed by atoms with Crippen molar-refractivity contribution in [2.45, 2.75) is 165 Å². The van der Waals surface area contributed by atoms with Crippen LogP contribution >= 0.6 is 70.4 Å². The lowest BCUT2D eigenvalue weighted by Gasteiger charge is -2.31. The van der Waals surface area contributed by atoms with Crippen LogP contribution in [0.5, 0.6) is 11.5 Å². The van der Waals surface area contributed by atoms with Gasteiger partial charge in [-0.25, -0.2) is 9.59 Å². The van der Waals surface area contributed by atoms with E-state index in [9.17, 15) is 29.4 Å². The van der Waals surface area contributed by atoms with Gasteiger partial charge in [-0.05, 0) is 154 Å². The lowest BCUT2D eigenvalue weighted by Crippen LogP contribution is -2.45. The zero-order chi connectivity index (χ0) is 66.7. The number of carbonyl (C=O) groups is 4. The van der Waals surface area contributed by atoms with Gasteiger partial charge in [0.1, 0.15) is 28.3 Å². The summed E-state index contributed by atoms with van der Waals surface area (Å²) >= 11 is 28.4. The zero-order valence-corrected chi connectivity index (χ0v) is 58.1. The monoisotopic (exact) mass is 1350 g/mol. The maximum atomic E-state index is 12.4. The molecule has 0 fully saturated rings. The predicted octanol–water partition coefficient (Wildman–Crippen LogP) is 13.0. The Kier molecular flexibility index (Phi) is 31.1. The number of amides is 2. The number of carboxylic acids is 1. The topological polar surface area (TPSA) is 273 Å². The number of hydrogen-bond acceptors (Lipinski definition) is 17. The summed E-state index contributed by atoms with van der Waals surface area (Å²) in [4.78, 5) is 71.1. The standard InChI is InChI=1S/C16H24N2O3.C11H15ClN2O2.C11H17ClN2O.C11H16N2O.C7H5Cl2NO.C7H6ClNO2.ClH/c1-11-7-13-12(8-17-11)9-18(10-16(5,6)20-13)14(19)21-15(2,3)4;1-7-4-9(12)8(5-13-7)10(15)14-6-11(2,3)16;1-8-4-10(12)9(6-14-8)5-13-7-11(2,3)15;1-8-4-10-9(6-13-8)5-12-7-11(2,3)14-10;1-4-2-6(8)5(3-10-4)7(9)11;1-4-2-6(8)5(3-9-4)7(10)11;/h7-8H,9-10H2,1-6H3;4-5,16H,6H2,1-3H3,(H,14,15);4,6,13,15H,5,7H2,1-3H3;4,6,12H,5,7H2,1-3H3;2-3H,1H3;2-3H,1H3,(H,10,11);1H. The van der Waals surface area contributed by atoms with E-state index in [-0.39, 0.29) is 52.7 Å². The van der Waals surface area contributed by atoms with E-state index < -0.39 is 33.6 Å². The molecule has 2 aliphatic rings. The summed E-state index contributed by atoms with van der Waals surface area (Å²) in [5.74, 6) is 0.369. The van der Waals surface area contributed by atoms with Crippen molar-refractivity contribution in [3.63, 3.8) is 0 Å². The number of carboxylic acid groups (broad SMARTS) is 1. The molecule has 8 rings (SSSR count). The third-order valence-electron chi connectivity index (χ3n) is 11.7. The molecule has 2 amide bonds. The maximum Gasteiger partial charge on any atom is 0.410 e. The fourth-order valence-electron chi connectivity index (χ4n) is 7.53. The van der Waals surface area contributed by atoms with E-state index in [1.807, 2.05) is 79.8 Å². The highest BCUT2D eigenvalue weighted by molar-refractivity contribution is 6.68. The number of aryl methyl sites for hydroxylation is 6. The second-order valence-electron chi connectivity index (χ2n) is 24.4. The predicted molar refractivity (Wildman–Crippen MR) is 353 cm³/mol. The SMILES string of the molecule is Cc1cc(Cl)c(C(=O)Cl)cn1.Cc1cc(Cl)c(C(=O)NCC(C)(C)O)cn1.Cc1cc(Cl)c(C(=O)O)cn1.Cc1cc(Cl)c(CNCC(C)(C)O)cn1.Cc1cc2c(cn1)CN(C(=O)OC(C)(C)C)CC(C)(C)O2.Cc1cc2c(cn1)CNCC(C)(C)O2.Cl. The Balaban J connectivity index is 0.000000368. The third kappa shape index (κ3) is 30.1. The summed E-state index contributed by atoms with van der Waals surface area (Å²) in [6.45, 7) is 35.5. The highest BCUT2D eigenvalue weighted by Gasteiger charge is 2.34. The van der Waals surface area contributed by atoms with E-state index in [1.54, 1.807) is 77.9 Å². The number of nitrogens with zero attached hydrogens (tertiary/aromatic N) is 7. The number of hydrogen-bond donors (Lipinski definition) is 6. The van der Waals surface area contributed by atoms with Gasteiger partial charge in [-0.3, -0.25) is 44.4 Å². The van der Waals surface area contributed by atoms with E-state index in [0.717, 1.165) is 69.7 Å². The summed E-state index contributed by atoms with van der Waals surface area (Å²) in [7, 11) is 0. The van der Waals surface area contributed by atoms with Crippen molar-refractivity contribution >= 4 is 93.6 Å². The van der Waals surface area contributed by atoms with Crippen LogP contribution in [0.3, 0.4) is 0 Å². The fraction of sp³-hybridized carbons (Fsp3) is 0.460. The molecule has 0 saturated heterocycles. The Morgan fingerprint density at radius 3 is 1.47 bits per heavy atom. The van der Waals surface area contributed by atoms with Gasteiger partial charge in [-0.15, -0.1) is 12.4 Å². The smallest absolute Gasteiger partial charge is 0.410 e. The van der Waals surface area contributed by atoms with Gasteiger partial charge >= 0.3 is 12.1 Å². The van der Waals surface area contributed by atoms with E-state index in [4.69, 9.17) is 77.3 Å². The van der Waals surface area contributed by atoms with Gasteiger partial charge in [0, 0.05) is 138 Å². The second-order valence-corrected chi connectivity index (χ2v) is 26.3. The van der Waals surface area contributed by atoms with E-state index in [2.05, 4.69) is 59.7 Å². The quantitative estimate of drug-likeness (QED) is 0.0734. The molecule has 0 aliphatic carbocycles. The molecule has 8 heterocycles. The first-order chi connectivity index (χ1) is 40.5. The van der Waals surface area contributed by atoms with Gasteiger partial charge in [-0.2, -0.15) is 0 Å². The number of ether oxygens (including phenoxy) is 3. The first kappa shape index (κ1) is 79.1. The van der Waals surface area contributed by atoms with Gasteiger partial charge < -0.3 is 45.5 Å². The minimum Gasteiger partial charge on any atom is -0.486 e. The van der Waals surface area contributed by atoms with Crippen LogP contribution in [-0.4, -0.2) is 128 Å². The number of rotatable bonds is 9. The minimum atomic E-state index is -1.05. The fourth-order valence-corrected chi connectivity index (χ4v) is 8.88. The molecular weight excluding hydrogens is 1270 g/mol. The number of halogens is 6. The van der Waals surface area contributed by atoms with Crippen LogP contribution in [0, 0.1) is 41.5 Å². The summed E-state index contributed by atoms with van der Waals surface area (Å²) in [6, 6.07) is 10.5. The first-order valence-corrected chi connectivity index (χ1v) is 29.7. The molecule has 0 bridgehead atoms. The Bertz CT molecular complexity index is 3290. The highest BCUT2D eigenvalue weighted by atomic mass is 35.5. The Morgan fingerprint density at radius 2 is 1.02 bits per heavy atom. The Hall–Kier alpha value is -6.04. The lowest BCUT2D eigenvalue weighted by molar-refractivity contribution is 0.00749. The van der Waals surface area contributed by atoms with Crippen LogP contribution in [0.25, 0.3) is 0 Å². The van der Waals surface area contributed by atoms with Gasteiger partial charge in [0.2, 0.25) is 0 Å². The minimum absolute atomic E-state index is 0. The Morgan fingerprint density at radius 1 is 0.607 bits per heavy atom. The number of aliphatic hydroxyl groups is 2. The number of aromatic nitrogens is 6. The molecule has 0 spiro atoms. The average molecular weight is 1350 g/mol. The molecule has 488 valence electrons. The van der Waals surface area contributed by atoms with E-state index in [0.29, 0.717) is 52.5 Å². The molecule has 89 heavy (non-hydrogen) atoms. The number of nitrogens with one attached hydrogen (secondary N) is 3. The molecule has 6 aromatic heterocycles. The molecule has 0 aromatic carbocycles. The lowest BCUT2D eigenvalue weighted by atomic mass is 10.1. The molecule has 0 atom stereocenters. The van der Waals surface area contributed by atoms with Crippen LogP contribution < -0.4 is 25.4 Å². The van der Waals surface area contributed by atoms with Crippen LogP contribution in [0.1, 0.15) is 158 Å². The van der Waals surface area contributed by atoms with Crippen LogP contribution in [0.15, 0.2) is 73.6 Å². The van der Waals surface area contributed by atoms with Crippen LogP contribution in [-0.2, 0) is 24.4 Å². The van der Waals surface area contributed by atoms with Crippen molar-refractivity contribution in [1.82, 2.24) is 50.8 Å². The van der Waals surface area contributed by atoms with Gasteiger partial charge in [0.15, 0.2) is 0 Å². The normalized spacial score (nSPS) is 13.6. The summed E-state index contributed by atoms with van der Waals surface area (Å²) in [6.07, 6.45) is 9.13. The van der Waals surface area contributed by atoms with Crippen molar-refractivity contribution < 1.29 is 48.7 Å². The van der Waals surface area contributed by atoms with E-state index >= 15 is 0 Å². The number of pyridine rings is 6. The molecule has 0 saturated carbocycles. The van der Waals surface area contributed by atoms with E-state index in [1.165, 1.54) is 24.7 Å². The Labute approximate surface area is 554 Å². The number of aromatic carboxylic acids is 1. The molecule has 20 nitrogen and oxygen atoms in total.